The Labute approximate surface area is 188 Å². The topological polar surface area (TPSA) is 73.5 Å². The molecule has 2 amide bonds. The minimum Gasteiger partial charge on any atom is -0.376 e. The van der Waals surface area contributed by atoms with E-state index in [0.717, 1.165) is 24.3 Å². The number of para-hydroxylation sites is 1. The number of nitrogens with one attached hydrogen (secondary N) is 3. The normalized spacial score (nSPS) is 12.9. The molecule has 1 aliphatic rings. The molecule has 1 heterocycles. The van der Waals surface area contributed by atoms with Crippen LogP contribution < -0.4 is 20.9 Å². The van der Waals surface area contributed by atoms with Gasteiger partial charge in [-0.1, -0.05) is 42.5 Å². The zero-order chi connectivity index (χ0) is 22.2. The number of rotatable bonds is 8. The maximum absolute atomic E-state index is 12.7. The van der Waals surface area contributed by atoms with Crippen molar-refractivity contribution in [3.05, 3.63) is 90.0 Å². The minimum absolute atomic E-state index is 0.0663. The highest BCUT2D eigenvalue weighted by molar-refractivity contribution is 6.00. The highest BCUT2D eigenvalue weighted by Crippen LogP contribution is 2.22. The van der Waals surface area contributed by atoms with E-state index in [0.29, 0.717) is 17.8 Å². The number of anilines is 3. The Morgan fingerprint density at radius 1 is 0.812 bits per heavy atom. The van der Waals surface area contributed by atoms with Crippen molar-refractivity contribution in [3.8, 4) is 0 Å². The summed E-state index contributed by atoms with van der Waals surface area (Å²) >= 11 is 0. The molecule has 3 aromatic carbocycles. The molecule has 1 aliphatic heterocycles. The van der Waals surface area contributed by atoms with Crippen LogP contribution in [0.1, 0.15) is 28.8 Å². The molecular formula is C26H28N4O2. The smallest absolute Gasteiger partial charge is 0.253 e. The quantitative estimate of drug-likeness (QED) is 0.501. The van der Waals surface area contributed by atoms with Crippen LogP contribution in [0, 0.1) is 0 Å². The Balaban J connectivity index is 1.30. The number of hydrogen-bond donors (Lipinski definition) is 3. The van der Waals surface area contributed by atoms with E-state index in [-0.39, 0.29) is 18.4 Å². The van der Waals surface area contributed by atoms with Gasteiger partial charge in [-0.05, 0) is 54.8 Å². The van der Waals surface area contributed by atoms with Crippen molar-refractivity contribution in [2.45, 2.75) is 19.4 Å². The van der Waals surface area contributed by atoms with Gasteiger partial charge in [0.2, 0.25) is 5.91 Å². The monoisotopic (exact) mass is 428 g/mol. The Hall–Kier alpha value is -3.80. The third-order valence-corrected chi connectivity index (χ3v) is 5.53. The van der Waals surface area contributed by atoms with E-state index >= 15 is 0 Å². The molecule has 0 unspecified atom stereocenters. The van der Waals surface area contributed by atoms with Crippen LogP contribution in [0.4, 0.5) is 17.1 Å². The van der Waals surface area contributed by atoms with E-state index < -0.39 is 0 Å². The lowest BCUT2D eigenvalue weighted by atomic mass is 10.1. The maximum Gasteiger partial charge on any atom is 0.253 e. The molecule has 0 radical (unpaired) electrons. The van der Waals surface area contributed by atoms with Gasteiger partial charge in [-0.3, -0.25) is 9.59 Å². The lowest BCUT2D eigenvalue weighted by Gasteiger charge is -2.18. The van der Waals surface area contributed by atoms with Crippen molar-refractivity contribution in [1.29, 1.82) is 0 Å². The molecule has 0 atom stereocenters. The first kappa shape index (κ1) is 21.4. The van der Waals surface area contributed by atoms with Crippen LogP contribution in [0.3, 0.4) is 0 Å². The van der Waals surface area contributed by atoms with Gasteiger partial charge in [0.05, 0.1) is 12.1 Å². The largest absolute Gasteiger partial charge is 0.376 e. The van der Waals surface area contributed by atoms with Crippen molar-refractivity contribution in [2.24, 2.45) is 0 Å². The van der Waals surface area contributed by atoms with Crippen molar-refractivity contribution in [3.63, 3.8) is 0 Å². The third-order valence-electron chi connectivity index (χ3n) is 5.53. The predicted octanol–water partition coefficient (Wildman–Crippen LogP) is 4.27. The van der Waals surface area contributed by atoms with Crippen LogP contribution in [0.15, 0.2) is 78.9 Å². The van der Waals surface area contributed by atoms with Gasteiger partial charge in [0.15, 0.2) is 0 Å². The first-order valence-corrected chi connectivity index (χ1v) is 11.0. The van der Waals surface area contributed by atoms with Crippen LogP contribution in [0.5, 0.6) is 0 Å². The lowest BCUT2D eigenvalue weighted by Crippen LogP contribution is -2.26. The molecule has 164 valence electrons. The molecule has 3 aromatic rings. The van der Waals surface area contributed by atoms with Crippen LogP contribution >= 0.6 is 0 Å². The van der Waals surface area contributed by atoms with E-state index in [4.69, 9.17) is 0 Å². The Morgan fingerprint density at radius 2 is 1.50 bits per heavy atom. The molecule has 32 heavy (non-hydrogen) atoms. The predicted molar refractivity (Wildman–Crippen MR) is 129 cm³/mol. The van der Waals surface area contributed by atoms with Crippen LogP contribution in [-0.2, 0) is 11.3 Å². The van der Waals surface area contributed by atoms with E-state index in [1.165, 1.54) is 18.5 Å². The number of nitrogens with zero attached hydrogens (tertiary/aromatic N) is 1. The lowest BCUT2D eigenvalue weighted by molar-refractivity contribution is -0.114. The fourth-order valence-electron chi connectivity index (χ4n) is 3.82. The molecule has 4 rings (SSSR count). The number of hydrogen-bond acceptors (Lipinski definition) is 4. The first-order valence-electron chi connectivity index (χ1n) is 11.0. The average molecular weight is 429 g/mol. The molecular weight excluding hydrogens is 400 g/mol. The first-order chi connectivity index (χ1) is 15.7. The van der Waals surface area contributed by atoms with E-state index in [9.17, 15) is 9.59 Å². The fourth-order valence-corrected chi connectivity index (χ4v) is 3.82. The minimum atomic E-state index is -0.185. The van der Waals surface area contributed by atoms with Gasteiger partial charge in [-0.2, -0.15) is 0 Å². The fraction of sp³-hybridized carbons (Fsp3) is 0.231. The zero-order valence-electron chi connectivity index (χ0n) is 18.0. The average Bonchev–Trinajstić information content (AvgIpc) is 3.38. The molecule has 0 saturated carbocycles. The molecule has 3 N–H and O–H groups in total. The molecule has 1 fully saturated rings. The van der Waals surface area contributed by atoms with Crippen molar-refractivity contribution >= 4 is 28.9 Å². The van der Waals surface area contributed by atoms with E-state index in [1.54, 1.807) is 12.1 Å². The highest BCUT2D eigenvalue weighted by Gasteiger charge is 2.13. The number of amides is 2. The number of carbonyl (C=O) groups excluding carboxylic acids is 2. The van der Waals surface area contributed by atoms with Crippen molar-refractivity contribution in [2.75, 3.05) is 35.2 Å². The molecule has 0 bridgehead atoms. The highest BCUT2D eigenvalue weighted by atomic mass is 16.2. The summed E-state index contributed by atoms with van der Waals surface area (Å²) in [6.07, 6.45) is 2.46. The molecule has 0 aliphatic carbocycles. The van der Waals surface area contributed by atoms with Gasteiger partial charge in [0.25, 0.3) is 5.91 Å². The summed E-state index contributed by atoms with van der Waals surface area (Å²) in [6, 6.07) is 24.9. The molecule has 6 nitrogen and oxygen atoms in total. The zero-order valence-corrected chi connectivity index (χ0v) is 18.0. The summed E-state index contributed by atoms with van der Waals surface area (Å²) < 4.78 is 0. The van der Waals surface area contributed by atoms with Gasteiger partial charge in [-0.15, -0.1) is 0 Å². The van der Waals surface area contributed by atoms with Gasteiger partial charge in [0.1, 0.15) is 0 Å². The van der Waals surface area contributed by atoms with Crippen LogP contribution in [0.25, 0.3) is 0 Å². The van der Waals surface area contributed by atoms with Crippen LogP contribution in [0.2, 0.25) is 0 Å². The second kappa shape index (κ2) is 10.5. The second-order valence-corrected chi connectivity index (χ2v) is 7.86. The van der Waals surface area contributed by atoms with E-state index in [1.807, 2.05) is 66.7 Å². The summed E-state index contributed by atoms with van der Waals surface area (Å²) in [6.45, 7) is 2.70. The summed E-state index contributed by atoms with van der Waals surface area (Å²) in [4.78, 5) is 27.4. The van der Waals surface area contributed by atoms with Crippen molar-refractivity contribution < 1.29 is 9.59 Å². The van der Waals surface area contributed by atoms with E-state index in [2.05, 4.69) is 20.9 Å². The van der Waals surface area contributed by atoms with Gasteiger partial charge in [-0.25, -0.2) is 0 Å². The third kappa shape index (κ3) is 5.66. The second-order valence-electron chi connectivity index (χ2n) is 7.86. The molecule has 1 saturated heterocycles. The summed E-state index contributed by atoms with van der Waals surface area (Å²) in [5.74, 6) is -0.353. The summed E-state index contributed by atoms with van der Waals surface area (Å²) in [5.41, 5.74) is 4.10. The Kier molecular flexibility index (Phi) is 7.02. The summed E-state index contributed by atoms with van der Waals surface area (Å²) in [7, 11) is 0. The van der Waals surface area contributed by atoms with Gasteiger partial charge in [0, 0.05) is 36.7 Å². The molecule has 0 spiro atoms. The number of benzene rings is 3. The Morgan fingerprint density at radius 3 is 2.25 bits per heavy atom. The summed E-state index contributed by atoms with van der Waals surface area (Å²) in [5, 5.41) is 8.92. The number of carbonyl (C=O) groups is 2. The standard InChI is InChI=1S/C26H28N4O2/c31-25(29-21-12-14-22(15-13-21)30-16-6-7-17-30)19-27-24-11-5-4-10-23(24)26(32)28-18-20-8-2-1-3-9-20/h1-5,8-15,27H,6-7,16-19H2,(H,28,32)(H,29,31). The van der Waals surface area contributed by atoms with Crippen LogP contribution in [-0.4, -0.2) is 31.4 Å². The maximum atomic E-state index is 12.7. The van der Waals surface area contributed by atoms with Gasteiger partial charge < -0.3 is 20.9 Å². The Bertz CT molecular complexity index is 1040. The molecule has 6 heteroatoms. The SMILES string of the molecule is O=C(CNc1ccccc1C(=O)NCc1ccccc1)Nc1ccc(N2CCCC2)cc1. The van der Waals surface area contributed by atoms with Gasteiger partial charge >= 0.3 is 0 Å². The molecule has 0 aromatic heterocycles. The van der Waals surface area contributed by atoms with Crippen molar-refractivity contribution in [1.82, 2.24) is 5.32 Å².